The average Bonchev–Trinajstić information content (AvgIpc) is 3.03. The van der Waals surface area contributed by atoms with E-state index in [1.165, 1.54) is 12.8 Å². The summed E-state index contributed by atoms with van der Waals surface area (Å²) in [5.41, 5.74) is 0. The number of rotatable bonds is 5. The van der Waals surface area contributed by atoms with Crippen molar-refractivity contribution in [1.82, 2.24) is 25.4 Å². The summed E-state index contributed by atoms with van der Waals surface area (Å²) in [5.74, 6) is 3.41. The molecule has 7 heteroatoms. The summed E-state index contributed by atoms with van der Waals surface area (Å²) in [6, 6.07) is 4.35. The van der Waals surface area contributed by atoms with Crippen molar-refractivity contribution in [3.63, 3.8) is 0 Å². The molecule has 0 bridgehead atoms. The molecule has 1 fully saturated rings. The molecule has 2 N–H and O–H groups in total. The fourth-order valence-electron chi connectivity index (χ4n) is 1.90. The smallest absolute Gasteiger partial charge is 0.192 e. The first-order valence-corrected chi connectivity index (χ1v) is 7.14. The molecule has 21 heavy (non-hydrogen) atoms. The van der Waals surface area contributed by atoms with Gasteiger partial charge in [-0.25, -0.2) is 4.99 Å². The minimum atomic E-state index is 0.498. The number of hydrogen-bond acceptors (Lipinski definition) is 4. The van der Waals surface area contributed by atoms with E-state index >= 15 is 0 Å². The molecule has 7 nitrogen and oxygen atoms in total. The highest BCUT2D eigenvalue weighted by Gasteiger charge is 2.22. The summed E-state index contributed by atoms with van der Waals surface area (Å²) < 4.78 is 7.27. The number of nitrogens with one attached hydrogen (secondary N) is 2. The first-order valence-electron chi connectivity index (χ1n) is 7.14. The Morgan fingerprint density at radius 1 is 1.48 bits per heavy atom. The molecule has 112 valence electrons. The van der Waals surface area contributed by atoms with E-state index in [9.17, 15) is 0 Å². The van der Waals surface area contributed by atoms with Crippen LogP contribution in [-0.4, -0.2) is 26.8 Å². The van der Waals surface area contributed by atoms with Crippen LogP contribution in [0.25, 0.3) is 0 Å². The van der Waals surface area contributed by atoms with Crippen LogP contribution in [0.1, 0.15) is 30.3 Å². The van der Waals surface area contributed by atoms with Crippen LogP contribution in [0.2, 0.25) is 0 Å². The minimum Gasteiger partial charge on any atom is -0.467 e. The maximum atomic E-state index is 5.32. The summed E-state index contributed by atoms with van der Waals surface area (Å²) >= 11 is 0. The molecular formula is C14H20N6O. The lowest BCUT2D eigenvalue weighted by Gasteiger charge is -2.10. The van der Waals surface area contributed by atoms with Crippen LogP contribution in [0.5, 0.6) is 0 Å². The molecule has 0 saturated heterocycles. The zero-order chi connectivity index (χ0) is 14.7. The van der Waals surface area contributed by atoms with Gasteiger partial charge < -0.3 is 19.6 Å². The molecule has 0 spiro atoms. The van der Waals surface area contributed by atoms with Gasteiger partial charge in [0.25, 0.3) is 0 Å². The molecule has 0 unspecified atom stereocenters. The molecule has 1 aliphatic carbocycles. The molecule has 2 aromatic heterocycles. The van der Waals surface area contributed by atoms with E-state index in [0.717, 1.165) is 23.4 Å². The zero-order valence-corrected chi connectivity index (χ0v) is 12.3. The summed E-state index contributed by atoms with van der Waals surface area (Å²) in [6.07, 6.45) is 4.07. The number of furan rings is 1. The second kappa shape index (κ2) is 5.99. The van der Waals surface area contributed by atoms with Gasteiger partial charge in [-0.2, -0.15) is 0 Å². The van der Waals surface area contributed by atoms with Gasteiger partial charge >= 0.3 is 0 Å². The molecule has 0 aliphatic heterocycles. The standard InChI is InChI=1S/C14H20N6O/c1-10-18-19-13(20(10)2)9-16-14(17-11-5-6-11)15-8-12-4-3-7-21-12/h3-4,7,11H,5-6,8-9H2,1-2H3,(H2,15,16,17). The maximum Gasteiger partial charge on any atom is 0.192 e. The van der Waals surface area contributed by atoms with Crippen LogP contribution < -0.4 is 10.6 Å². The van der Waals surface area contributed by atoms with Gasteiger partial charge in [0.05, 0.1) is 12.8 Å². The molecule has 1 aliphatic rings. The average molecular weight is 288 g/mol. The largest absolute Gasteiger partial charge is 0.467 e. The lowest BCUT2D eigenvalue weighted by atomic mass is 10.4. The monoisotopic (exact) mass is 288 g/mol. The van der Waals surface area contributed by atoms with Crippen molar-refractivity contribution >= 4 is 5.96 Å². The Kier molecular flexibility index (Phi) is 3.89. The van der Waals surface area contributed by atoms with E-state index < -0.39 is 0 Å². The van der Waals surface area contributed by atoms with Crippen LogP contribution in [0.3, 0.4) is 0 Å². The Labute approximate surface area is 123 Å². The minimum absolute atomic E-state index is 0.498. The van der Waals surface area contributed by atoms with Crippen LogP contribution in [0.4, 0.5) is 0 Å². The first kappa shape index (κ1) is 13.7. The van der Waals surface area contributed by atoms with Crippen LogP contribution >= 0.6 is 0 Å². The van der Waals surface area contributed by atoms with E-state index in [2.05, 4.69) is 25.8 Å². The Morgan fingerprint density at radius 3 is 2.95 bits per heavy atom. The highest BCUT2D eigenvalue weighted by atomic mass is 16.3. The molecule has 1 saturated carbocycles. The zero-order valence-electron chi connectivity index (χ0n) is 12.3. The summed E-state index contributed by atoms with van der Waals surface area (Å²) in [6.45, 7) is 3.04. The third-order valence-corrected chi connectivity index (χ3v) is 3.49. The van der Waals surface area contributed by atoms with Gasteiger partial charge in [0.15, 0.2) is 11.8 Å². The van der Waals surface area contributed by atoms with Gasteiger partial charge in [0.2, 0.25) is 0 Å². The Balaban J connectivity index is 1.62. The number of nitrogens with zero attached hydrogens (tertiary/aromatic N) is 4. The van der Waals surface area contributed by atoms with Crippen molar-refractivity contribution in [3.8, 4) is 0 Å². The van der Waals surface area contributed by atoms with E-state index in [1.807, 2.05) is 30.7 Å². The van der Waals surface area contributed by atoms with Gasteiger partial charge in [-0.05, 0) is 31.9 Å². The predicted octanol–water partition coefficient (Wildman–Crippen LogP) is 1.11. The topological polar surface area (TPSA) is 80.3 Å². The number of aryl methyl sites for hydroxylation is 1. The molecular weight excluding hydrogens is 268 g/mol. The van der Waals surface area contributed by atoms with E-state index in [4.69, 9.17) is 4.42 Å². The SMILES string of the molecule is Cc1nnc(CN=C(NCc2ccco2)NC2CC2)n1C. The van der Waals surface area contributed by atoms with E-state index in [-0.39, 0.29) is 0 Å². The lowest BCUT2D eigenvalue weighted by molar-refractivity contribution is 0.501. The molecule has 0 atom stereocenters. The molecule has 2 aromatic rings. The van der Waals surface area contributed by atoms with Crippen molar-refractivity contribution in [1.29, 1.82) is 0 Å². The maximum absolute atomic E-state index is 5.32. The Morgan fingerprint density at radius 2 is 2.33 bits per heavy atom. The van der Waals surface area contributed by atoms with Crippen molar-refractivity contribution in [3.05, 3.63) is 35.8 Å². The second-order valence-corrected chi connectivity index (χ2v) is 5.24. The van der Waals surface area contributed by atoms with E-state index in [0.29, 0.717) is 19.1 Å². The van der Waals surface area contributed by atoms with Gasteiger partial charge in [-0.3, -0.25) is 0 Å². The van der Waals surface area contributed by atoms with Crippen molar-refractivity contribution < 1.29 is 4.42 Å². The lowest BCUT2D eigenvalue weighted by Crippen LogP contribution is -2.38. The third-order valence-electron chi connectivity index (χ3n) is 3.49. The number of aromatic nitrogens is 3. The van der Waals surface area contributed by atoms with Crippen molar-refractivity contribution in [2.75, 3.05) is 0 Å². The molecule has 0 aromatic carbocycles. The number of hydrogen-bond donors (Lipinski definition) is 2. The number of guanidine groups is 1. The van der Waals surface area contributed by atoms with Crippen LogP contribution in [0.15, 0.2) is 27.8 Å². The summed E-state index contributed by atoms with van der Waals surface area (Å²) in [7, 11) is 1.95. The van der Waals surface area contributed by atoms with Crippen molar-refractivity contribution in [2.24, 2.45) is 12.0 Å². The number of aliphatic imine (C=N–C) groups is 1. The first-order chi connectivity index (χ1) is 10.2. The molecule has 2 heterocycles. The van der Waals surface area contributed by atoms with Gasteiger partial charge in [0, 0.05) is 13.1 Å². The molecule has 0 amide bonds. The van der Waals surface area contributed by atoms with Gasteiger partial charge in [-0.1, -0.05) is 0 Å². The normalized spacial score (nSPS) is 15.2. The van der Waals surface area contributed by atoms with Crippen molar-refractivity contribution in [2.45, 2.75) is 38.9 Å². The van der Waals surface area contributed by atoms with E-state index in [1.54, 1.807) is 6.26 Å². The van der Waals surface area contributed by atoms with Crippen LogP contribution in [0, 0.1) is 6.92 Å². The Bertz CT molecular complexity index is 611. The van der Waals surface area contributed by atoms with Gasteiger partial charge in [-0.15, -0.1) is 10.2 Å². The van der Waals surface area contributed by atoms with Crippen LogP contribution in [-0.2, 0) is 20.1 Å². The van der Waals surface area contributed by atoms with Gasteiger partial charge in [0.1, 0.15) is 18.1 Å². The quantitative estimate of drug-likeness (QED) is 0.636. The third kappa shape index (κ3) is 3.62. The molecule has 3 rings (SSSR count). The summed E-state index contributed by atoms with van der Waals surface area (Å²) in [4.78, 5) is 4.58. The Hall–Kier alpha value is -2.31. The second-order valence-electron chi connectivity index (χ2n) is 5.24. The highest BCUT2D eigenvalue weighted by Crippen LogP contribution is 2.18. The predicted molar refractivity (Wildman–Crippen MR) is 78.6 cm³/mol. The molecule has 0 radical (unpaired) electrons. The summed E-state index contributed by atoms with van der Waals surface area (Å²) in [5, 5.41) is 14.8. The fraction of sp³-hybridized carbons (Fsp3) is 0.500. The fourth-order valence-corrected chi connectivity index (χ4v) is 1.90. The highest BCUT2D eigenvalue weighted by molar-refractivity contribution is 5.80.